The molecule has 1 saturated heterocycles. The van der Waals surface area contributed by atoms with Crippen molar-refractivity contribution in [3.8, 4) is 0 Å². The van der Waals surface area contributed by atoms with Gasteiger partial charge in [0.25, 0.3) is 0 Å². The zero-order valence-electron chi connectivity index (χ0n) is 24.1. The van der Waals surface area contributed by atoms with Gasteiger partial charge in [0.1, 0.15) is 47.6 Å². The lowest BCUT2D eigenvalue weighted by Gasteiger charge is -2.35. The maximum atomic E-state index is 11.9. The van der Waals surface area contributed by atoms with Gasteiger partial charge in [0, 0.05) is 32.6 Å². The lowest BCUT2D eigenvalue weighted by molar-refractivity contribution is -0.176. The number of aromatic nitrogens is 3. The Labute approximate surface area is 238 Å². The summed E-state index contributed by atoms with van der Waals surface area (Å²) in [5, 5.41) is 13.0. The number of nitrogens with zero attached hydrogens (tertiary/aromatic N) is 3. The van der Waals surface area contributed by atoms with Crippen molar-refractivity contribution in [3.63, 3.8) is 0 Å². The molecule has 1 aliphatic rings. The van der Waals surface area contributed by atoms with Crippen molar-refractivity contribution in [1.29, 1.82) is 0 Å². The van der Waals surface area contributed by atoms with Crippen molar-refractivity contribution >= 4 is 22.6 Å². The molecule has 0 unspecified atom stereocenters. The standard InChI is InChI=1S/C29H48ClN3O6/c1-5-9-15-35-19-22-24(36-16-10-6-2)26(38-18-12-8-4)25(37-17-11-7-3)23(34)29(39-22)33-14-13-21-27(30)31-20-32-28(21)33/h13-14,20,22-26,29,34H,5-12,15-19H2,1-4H3/t22-,23-,24-,25+,26+,29-/m1/s1. The Kier molecular flexibility index (Phi) is 14.4. The summed E-state index contributed by atoms with van der Waals surface area (Å²) in [7, 11) is 0. The topological polar surface area (TPSA) is 97.1 Å². The highest BCUT2D eigenvalue weighted by atomic mass is 35.5. The van der Waals surface area contributed by atoms with Crippen LogP contribution in [0.15, 0.2) is 18.6 Å². The van der Waals surface area contributed by atoms with Crippen LogP contribution in [0.3, 0.4) is 0 Å². The number of ether oxygens (including phenoxy) is 5. The van der Waals surface area contributed by atoms with Crippen molar-refractivity contribution in [1.82, 2.24) is 14.5 Å². The zero-order valence-corrected chi connectivity index (χ0v) is 24.9. The van der Waals surface area contributed by atoms with Gasteiger partial charge in [-0.1, -0.05) is 65.0 Å². The summed E-state index contributed by atoms with van der Waals surface area (Å²) >= 11 is 6.35. The number of halogens is 1. The summed E-state index contributed by atoms with van der Waals surface area (Å²) in [5.74, 6) is 0. The molecule has 0 radical (unpaired) electrons. The highest BCUT2D eigenvalue weighted by Gasteiger charge is 2.49. The Morgan fingerprint density at radius 2 is 1.44 bits per heavy atom. The normalized spacial score (nSPS) is 25.8. The highest BCUT2D eigenvalue weighted by Crippen LogP contribution is 2.35. The first-order valence-corrected chi connectivity index (χ1v) is 15.2. The molecule has 6 atom stereocenters. The fraction of sp³-hybridized carbons (Fsp3) is 0.793. The molecule has 10 heteroatoms. The third-order valence-electron chi connectivity index (χ3n) is 7.04. The third kappa shape index (κ3) is 8.83. The number of hydrogen-bond donors (Lipinski definition) is 1. The van der Waals surface area contributed by atoms with Crippen LogP contribution in [-0.2, 0) is 23.7 Å². The summed E-state index contributed by atoms with van der Waals surface area (Å²) in [6.45, 7) is 11.0. The van der Waals surface area contributed by atoms with E-state index >= 15 is 0 Å². The molecule has 39 heavy (non-hydrogen) atoms. The van der Waals surface area contributed by atoms with E-state index in [2.05, 4.69) is 37.7 Å². The Morgan fingerprint density at radius 1 is 0.846 bits per heavy atom. The van der Waals surface area contributed by atoms with Gasteiger partial charge in [-0.15, -0.1) is 0 Å². The summed E-state index contributed by atoms with van der Waals surface area (Å²) in [6, 6.07) is 1.84. The molecular weight excluding hydrogens is 522 g/mol. The quantitative estimate of drug-likeness (QED) is 0.180. The van der Waals surface area contributed by atoms with Crippen molar-refractivity contribution < 1.29 is 28.8 Å². The average Bonchev–Trinajstić information content (AvgIpc) is 3.33. The zero-order chi connectivity index (χ0) is 28.0. The molecule has 2 aromatic rings. The average molecular weight is 570 g/mol. The summed E-state index contributed by atoms with van der Waals surface area (Å²) < 4.78 is 34.0. The molecule has 3 heterocycles. The molecule has 9 nitrogen and oxygen atoms in total. The second-order valence-electron chi connectivity index (χ2n) is 10.2. The minimum atomic E-state index is -1.06. The number of rotatable bonds is 18. The first kappa shape index (κ1) is 32.2. The molecule has 222 valence electrons. The first-order chi connectivity index (χ1) is 19.1. The Hall–Kier alpha value is -1.33. The fourth-order valence-electron chi connectivity index (χ4n) is 4.72. The second kappa shape index (κ2) is 17.5. The van der Waals surface area contributed by atoms with Crippen LogP contribution < -0.4 is 0 Å². The molecule has 1 fully saturated rings. The van der Waals surface area contributed by atoms with E-state index in [1.807, 2.05) is 12.3 Å². The largest absolute Gasteiger partial charge is 0.386 e. The number of aliphatic hydroxyl groups is 1. The van der Waals surface area contributed by atoms with Gasteiger partial charge < -0.3 is 33.4 Å². The number of aliphatic hydroxyl groups excluding tert-OH is 1. The van der Waals surface area contributed by atoms with Gasteiger partial charge in [-0.3, -0.25) is 0 Å². The third-order valence-corrected chi connectivity index (χ3v) is 7.34. The Balaban J connectivity index is 2.04. The van der Waals surface area contributed by atoms with E-state index in [9.17, 15) is 5.11 Å². The van der Waals surface area contributed by atoms with Crippen LogP contribution in [0.1, 0.15) is 85.3 Å². The minimum Gasteiger partial charge on any atom is -0.386 e. The first-order valence-electron chi connectivity index (χ1n) is 14.8. The number of hydrogen-bond acceptors (Lipinski definition) is 8. The minimum absolute atomic E-state index is 0.310. The smallest absolute Gasteiger partial charge is 0.164 e. The number of fused-ring (bicyclic) bond motifs is 1. The summed E-state index contributed by atoms with van der Waals surface area (Å²) in [6.07, 6.45) is 6.80. The van der Waals surface area contributed by atoms with Crippen LogP contribution in [0.25, 0.3) is 11.0 Å². The maximum absolute atomic E-state index is 11.9. The molecule has 0 aromatic carbocycles. The van der Waals surface area contributed by atoms with E-state index in [0.29, 0.717) is 49.2 Å². The molecular formula is C29H48ClN3O6. The molecule has 0 aliphatic carbocycles. The van der Waals surface area contributed by atoms with Crippen molar-refractivity contribution in [2.75, 3.05) is 33.0 Å². The van der Waals surface area contributed by atoms with E-state index in [1.54, 1.807) is 4.57 Å². The summed E-state index contributed by atoms with van der Waals surface area (Å²) in [4.78, 5) is 8.56. The van der Waals surface area contributed by atoms with Gasteiger partial charge >= 0.3 is 0 Å². The van der Waals surface area contributed by atoms with E-state index < -0.39 is 36.7 Å². The van der Waals surface area contributed by atoms with Gasteiger partial charge in [0.2, 0.25) is 0 Å². The lowest BCUT2D eigenvalue weighted by Crippen LogP contribution is -2.51. The van der Waals surface area contributed by atoms with Gasteiger partial charge in [-0.05, 0) is 31.7 Å². The van der Waals surface area contributed by atoms with E-state index in [0.717, 1.165) is 51.4 Å². The molecule has 2 aromatic heterocycles. The molecule has 1 N–H and O–H groups in total. The van der Waals surface area contributed by atoms with Crippen molar-refractivity contribution in [2.45, 2.75) is 116 Å². The van der Waals surface area contributed by atoms with Gasteiger partial charge in [-0.2, -0.15) is 0 Å². The molecule has 0 bridgehead atoms. The van der Waals surface area contributed by atoms with Crippen LogP contribution in [0, 0.1) is 0 Å². The molecule has 1 aliphatic heterocycles. The van der Waals surface area contributed by atoms with Crippen LogP contribution in [0.5, 0.6) is 0 Å². The van der Waals surface area contributed by atoms with Gasteiger partial charge in [0.15, 0.2) is 6.23 Å². The van der Waals surface area contributed by atoms with Crippen LogP contribution >= 0.6 is 11.6 Å². The van der Waals surface area contributed by atoms with Gasteiger partial charge in [-0.25, -0.2) is 9.97 Å². The van der Waals surface area contributed by atoms with Crippen LogP contribution in [0.2, 0.25) is 5.15 Å². The maximum Gasteiger partial charge on any atom is 0.164 e. The fourth-order valence-corrected chi connectivity index (χ4v) is 4.92. The predicted octanol–water partition coefficient (Wildman–Crippen LogP) is 5.72. The monoisotopic (exact) mass is 569 g/mol. The number of unbranched alkanes of at least 4 members (excludes halogenated alkanes) is 4. The Morgan fingerprint density at radius 3 is 2.08 bits per heavy atom. The van der Waals surface area contributed by atoms with E-state index in [-0.39, 0.29) is 0 Å². The molecule has 3 rings (SSSR count). The summed E-state index contributed by atoms with van der Waals surface area (Å²) in [5.41, 5.74) is 0.575. The second-order valence-corrected chi connectivity index (χ2v) is 10.5. The highest BCUT2D eigenvalue weighted by molar-refractivity contribution is 6.33. The predicted molar refractivity (Wildman–Crippen MR) is 152 cm³/mol. The SMILES string of the molecule is CCCCOC[C@H]1O[C@@H](n2ccc3c(Cl)ncnc32)[C@H](O)[C@H](OCCCC)[C@@H](OCCCC)[C@@H]1OCCCC. The van der Waals surface area contributed by atoms with Crippen LogP contribution in [-0.4, -0.2) is 83.2 Å². The van der Waals surface area contributed by atoms with Crippen molar-refractivity contribution in [2.24, 2.45) is 0 Å². The molecule has 0 spiro atoms. The lowest BCUT2D eigenvalue weighted by atomic mass is 9.99. The van der Waals surface area contributed by atoms with Crippen molar-refractivity contribution in [3.05, 3.63) is 23.7 Å². The Bertz CT molecular complexity index is 947. The van der Waals surface area contributed by atoms with E-state index in [1.165, 1.54) is 6.33 Å². The van der Waals surface area contributed by atoms with Gasteiger partial charge in [0.05, 0.1) is 12.0 Å². The van der Waals surface area contributed by atoms with E-state index in [4.69, 9.17) is 35.3 Å². The molecule has 0 amide bonds. The van der Waals surface area contributed by atoms with Crippen LogP contribution in [0.4, 0.5) is 0 Å². The molecule has 0 saturated carbocycles.